The summed E-state index contributed by atoms with van der Waals surface area (Å²) < 4.78 is 41.7. The third-order valence-corrected chi connectivity index (χ3v) is 4.18. The molecular weight excluding hydrogens is 371 g/mol. The Morgan fingerprint density at radius 1 is 1.07 bits per heavy atom. The van der Waals surface area contributed by atoms with Gasteiger partial charge in [0.1, 0.15) is 23.8 Å². The van der Waals surface area contributed by atoms with Crippen LogP contribution in [0.15, 0.2) is 43.0 Å². The van der Waals surface area contributed by atoms with Crippen molar-refractivity contribution in [2.75, 3.05) is 11.1 Å². The Kier molecular flexibility index (Phi) is 4.30. The van der Waals surface area contributed by atoms with E-state index in [2.05, 4.69) is 25.4 Å². The molecule has 0 aliphatic carbocycles. The Labute approximate surface area is 157 Å². The van der Waals surface area contributed by atoms with Crippen molar-refractivity contribution < 1.29 is 13.2 Å². The molecule has 4 aromatic rings. The summed E-state index contributed by atoms with van der Waals surface area (Å²) in [6.07, 6.45) is 3.51. The van der Waals surface area contributed by atoms with Crippen LogP contribution in [0.1, 0.15) is 18.5 Å². The van der Waals surface area contributed by atoms with E-state index in [0.717, 1.165) is 18.5 Å². The Balaban J connectivity index is 1.68. The van der Waals surface area contributed by atoms with E-state index in [1.54, 1.807) is 13.0 Å². The molecule has 0 spiro atoms. The van der Waals surface area contributed by atoms with Gasteiger partial charge < -0.3 is 11.1 Å². The van der Waals surface area contributed by atoms with Gasteiger partial charge in [-0.25, -0.2) is 32.6 Å². The topological polar surface area (TPSA) is 94.0 Å². The third kappa shape index (κ3) is 3.20. The third-order valence-electron chi connectivity index (χ3n) is 4.18. The van der Waals surface area contributed by atoms with E-state index in [1.807, 2.05) is 0 Å². The number of nitrogens with zero attached hydrogens (tertiary/aromatic N) is 5. The number of fused-ring (bicyclic) bond motifs is 1. The number of anilines is 2. The lowest BCUT2D eigenvalue weighted by molar-refractivity contribution is 0.566. The van der Waals surface area contributed by atoms with E-state index in [0.29, 0.717) is 22.7 Å². The highest BCUT2D eigenvalue weighted by Crippen LogP contribution is 2.29. The number of nitrogens with one attached hydrogen (secondary N) is 1. The SMILES string of the molecule is C[C@H](Nc1cc(-c2c(N)nn3cc(F)cnc23)ncn1)c1ccc(F)cc1F. The van der Waals surface area contributed by atoms with E-state index in [-0.39, 0.29) is 11.4 Å². The molecule has 0 saturated carbocycles. The number of nitrogen functional groups attached to an aromatic ring is 1. The Hall–Kier alpha value is -3.69. The minimum absolute atomic E-state index is 0.125. The summed E-state index contributed by atoms with van der Waals surface area (Å²) in [5.74, 6) is -1.35. The van der Waals surface area contributed by atoms with Crippen LogP contribution in [0.25, 0.3) is 16.9 Å². The molecule has 0 amide bonds. The molecule has 0 unspecified atom stereocenters. The fourth-order valence-electron chi connectivity index (χ4n) is 2.90. The minimum atomic E-state index is -0.660. The molecule has 0 saturated heterocycles. The van der Waals surface area contributed by atoms with Crippen molar-refractivity contribution in [2.24, 2.45) is 0 Å². The van der Waals surface area contributed by atoms with Crippen molar-refractivity contribution >= 4 is 17.3 Å². The van der Waals surface area contributed by atoms with Crippen molar-refractivity contribution in [1.82, 2.24) is 24.6 Å². The predicted octanol–water partition coefficient (Wildman–Crippen LogP) is 3.36. The summed E-state index contributed by atoms with van der Waals surface area (Å²) in [5, 5.41) is 7.07. The van der Waals surface area contributed by atoms with Gasteiger partial charge in [-0.3, -0.25) is 0 Å². The van der Waals surface area contributed by atoms with Crippen molar-refractivity contribution in [3.63, 3.8) is 0 Å². The smallest absolute Gasteiger partial charge is 0.166 e. The van der Waals surface area contributed by atoms with Gasteiger partial charge in [-0.2, -0.15) is 0 Å². The largest absolute Gasteiger partial charge is 0.382 e. The van der Waals surface area contributed by atoms with Gasteiger partial charge >= 0.3 is 0 Å². The molecule has 4 rings (SSSR count). The first-order valence-electron chi connectivity index (χ1n) is 8.25. The highest BCUT2D eigenvalue weighted by Gasteiger charge is 2.17. The maximum Gasteiger partial charge on any atom is 0.166 e. The van der Waals surface area contributed by atoms with Crippen LogP contribution in [0.5, 0.6) is 0 Å². The highest BCUT2D eigenvalue weighted by atomic mass is 19.1. The molecule has 28 heavy (non-hydrogen) atoms. The monoisotopic (exact) mass is 385 g/mol. The first-order valence-corrected chi connectivity index (χ1v) is 8.25. The molecule has 3 heterocycles. The normalized spacial score (nSPS) is 12.3. The molecule has 0 fully saturated rings. The Bertz CT molecular complexity index is 1180. The van der Waals surface area contributed by atoms with Crippen LogP contribution in [0.3, 0.4) is 0 Å². The predicted molar refractivity (Wildman–Crippen MR) is 96.8 cm³/mol. The minimum Gasteiger partial charge on any atom is -0.382 e. The average Bonchev–Trinajstić information content (AvgIpc) is 2.96. The first kappa shape index (κ1) is 17.7. The zero-order valence-electron chi connectivity index (χ0n) is 14.6. The molecule has 0 aliphatic rings. The van der Waals surface area contributed by atoms with Gasteiger partial charge in [0, 0.05) is 17.7 Å². The van der Waals surface area contributed by atoms with Crippen LogP contribution >= 0.6 is 0 Å². The van der Waals surface area contributed by atoms with Crippen LogP contribution in [0.2, 0.25) is 0 Å². The fraction of sp³-hybridized carbons (Fsp3) is 0.111. The number of hydrogen-bond donors (Lipinski definition) is 2. The van der Waals surface area contributed by atoms with E-state index in [1.165, 1.54) is 23.0 Å². The van der Waals surface area contributed by atoms with E-state index in [4.69, 9.17) is 5.73 Å². The Morgan fingerprint density at radius 2 is 1.89 bits per heavy atom. The lowest BCUT2D eigenvalue weighted by Crippen LogP contribution is -2.10. The summed E-state index contributed by atoms with van der Waals surface area (Å²) in [4.78, 5) is 12.3. The summed E-state index contributed by atoms with van der Waals surface area (Å²) in [5.41, 5.74) is 7.41. The maximum absolute atomic E-state index is 14.0. The lowest BCUT2D eigenvalue weighted by Gasteiger charge is -2.16. The second-order valence-corrected chi connectivity index (χ2v) is 6.12. The summed E-state index contributed by atoms with van der Waals surface area (Å²) in [6, 6.07) is 4.48. The number of rotatable bonds is 4. The zero-order chi connectivity index (χ0) is 19.8. The molecule has 1 atom stereocenters. The van der Waals surface area contributed by atoms with Crippen LogP contribution in [0, 0.1) is 17.5 Å². The fourth-order valence-corrected chi connectivity index (χ4v) is 2.90. The van der Waals surface area contributed by atoms with Gasteiger partial charge in [0.05, 0.1) is 29.7 Å². The van der Waals surface area contributed by atoms with Crippen LogP contribution in [-0.4, -0.2) is 24.6 Å². The van der Waals surface area contributed by atoms with Crippen molar-refractivity contribution in [3.8, 4) is 11.3 Å². The standard InChI is InChI=1S/C18H14F3N7/c1-9(12-3-2-10(19)4-13(12)21)26-15-5-14(24-8-25-15)16-17(22)27-28-7-11(20)6-23-18(16)28/h2-9H,1H3,(H2,22,27)(H,24,25,26)/t9-/m0/s1. The average molecular weight is 385 g/mol. The molecule has 142 valence electrons. The molecule has 0 bridgehead atoms. The molecule has 3 aromatic heterocycles. The second-order valence-electron chi connectivity index (χ2n) is 6.12. The van der Waals surface area contributed by atoms with Crippen molar-refractivity contribution in [1.29, 1.82) is 0 Å². The quantitative estimate of drug-likeness (QED) is 0.560. The van der Waals surface area contributed by atoms with Crippen LogP contribution in [0.4, 0.5) is 24.8 Å². The molecular formula is C18H14F3N7. The lowest BCUT2D eigenvalue weighted by atomic mass is 10.1. The number of aromatic nitrogens is 5. The molecule has 10 heteroatoms. The second kappa shape index (κ2) is 6.80. The molecule has 0 aliphatic heterocycles. The highest BCUT2D eigenvalue weighted by molar-refractivity contribution is 5.84. The van der Waals surface area contributed by atoms with Gasteiger partial charge in [0.25, 0.3) is 0 Å². The molecule has 1 aromatic carbocycles. The Morgan fingerprint density at radius 3 is 2.68 bits per heavy atom. The van der Waals surface area contributed by atoms with Gasteiger partial charge in [-0.1, -0.05) is 6.07 Å². The van der Waals surface area contributed by atoms with E-state index in [9.17, 15) is 13.2 Å². The van der Waals surface area contributed by atoms with Gasteiger partial charge in [0.15, 0.2) is 17.3 Å². The van der Waals surface area contributed by atoms with E-state index < -0.39 is 23.5 Å². The summed E-state index contributed by atoms with van der Waals surface area (Å²) in [7, 11) is 0. The summed E-state index contributed by atoms with van der Waals surface area (Å²) >= 11 is 0. The summed E-state index contributed by atoms with van der Waals surface area (Å²) in [6.45, 7) is 1.71. The number of hydrogen-bond acceptors (Lipinski definition) is 6. The molecule has 7 nitrogen and oxygen atoms in total. The van der Waals surface area contributed by atoms with Gasteiger partial charge in [-0.05, 0) is 13.0 Å². The first-order chi connectivity index (χ1) is 13.4. The van der Waals surface area contributed by atoms with E-state index >= 15 is 0 Å². The van der Waals surface area contributed by atoms with Crippen LogP contribution < -0.4 is 11.1 Å². The maximum atomic E-state index is 14.0. The van der Waals surface area contributed by atoms with Crippen LogP contribution in [-0.2, 0) is 0 Å². The number of benzene rings is 1. The van der Waals surface area contributed by atoms with Gasteiger partial charge in [0.2, 0.25) is 0 Å². The van der Waals surface area contributed by atoms with Gasteiger partial charge in [-0.15, -0.1) is 5.10 Å². The number of halogens is 3. The number of nitrogens with two attached hydrogens (primary N) is 1. The van der Waals surface area contributed by atoms with Crippen molar-refractivity contribution in [3.05, 3.63) is 66.0 Å². The molecule has 3 N–H and O–H groups in total. The molecule has 0 radical (unpaired) electrons. The zero-order valence-corrected chi connectivity index (χ0v) is 14.6. The van der Waals surface area contributed by atoms with Crippen molar-refractivity contribution in [2.45, 2.75) is 13.0 Å².